The van der Waals surface area contributed by atoms with Gasteiger partial charge < -0.3 is 9.67 Å². The summed E-state index contributed by atoms with van der Waals surface area (Å²) in [6.07, 6.45) is 10.4. The van der Waals surface area contributed by atoms with Crippen LogP contribution in [0.3, 0.4) is 0 Å². The van der Waals surface area contributed by atoms with Crippen LogP contribution in [0, 0.1) is 0 Å². The maximum atomic E-state index is 13.0. The van der Waals surface area contributed by atoms with Crippen molar-refractivity contribution >= 4 is 12.0 Å². The van der Waals surface area contributed by atoms with Crippen molar-refractivity contribution in [3.05, 3.63) is 94.4 Å². The van der Waals surface area contributed by atoms with Crippen LogP contribution in [0.4, 0.5) is 0 Å². The lowest BCUT2D eigenvalue weighted by atomic mass is 9.85. The third-order valence-corrected chi connectivity index (χ3v) is 6.40. The summed E-state index contributed by atoms with van der Waals surface area (Å²) in [4.78, 5) is 33.8. The Morgan fingerprint density at radius 1 is 1.06 bits per heavy atom. The largest absolute Gasteiger partial charge is 0.481 e. The van der Waals surface area contributed by atoms with Gasteiger partial charge in [0.2, 0.25) is 0 Å². The smallest absolute Gasteiger partial charge is 0.333 e. The maximum absolute atomic E-state index is 13.0. The minimum atomic E-state index is -1.03. The van der Waals surface area contributed by atoms with Gasteiger partial charge in [-0.05, 0) is 60.9 Å². The molecule has 1 aliphatic carbocycles. The zero-order chi connectivity index (χ0) is 24.0. The highest BCUT2D eigenvalue weighted by atomic mass is 16.4. The average molecular weight is 453 g/mol. The number of rotatable bonds is 5. The summed E-state index contributed by atoms with van der Waals surface area (Å²) in [5.74, 6) is -0.907. The van der Waals surface area contributed by atoms with E-state index in [1.807, 2.05) is 18.3 Å². The SMILES string of the molecule is Cn1cc(-c2cc(-c3cnc4c(c3)C=CC4)ccn2)n(-c2ccc(C(C)(C)C(=O)O)cc2)c1=O. The van der Waals surface area contributed by atoms with Crippen molar-refractivity contribution in [3.8, 4) is 28.2 Å². The van der Waals surface area contributed by atoms with E-state index in [0.717, 1.165) is 28.8 Å². The van der Waals surface area contributed by atoms with Crippen LogP contribution in [0.15, 0.2) is 71.9 Å². The summed E-state index contributed by atoms with van der Waals surface area (Å²) in [5.41, 5.74) is 5.50. The predicted molar refractivity (Wildman–Crippen MR) is 131 cm³/mol. The number of carboxylic acid groups (broad SMARTS) is 1. The molecule has 0 saturated heterocycles. The maximum Gasteiger partial charge on any atom is 0.333 e. The second kappa shape index (κ2) is 7.95. The van der Waals surface area contributed by atoms with Crippen molar-refractivity contribution in [2.24, 2.45) is 7.05 Å². The van der Waals surface area contributed by atoms with Crippen molar-refractivity contribution in [2.45, 2.75) is 25.7 Å². The fourth-order valence-electron chi connectivity index (χ4n) is 4.17. The highest BCUT2D eigenvalue weighted by Crippen LogP contribution is 2.29. The second-order valence-corrected chi connectivity index (χ2v) is 9.02. The zero-order valence-electron chi connectivity index (χ0n) is 19.2. The van der Waals surface area contributed by atoms with E-state index in [-0.39, 0.29) is 5.69 Å². The first-order chi connectivity index (χ1) is 16.3. The van der Waals surface area contributed by atoms with Gasteiger partial charge in [0, 0.05) is 37.6 Å². The first-order valence-electron chi connectivity index (χ1n) is 11.0. The number of aliphatic carboxylic acids is 1. The van der Waals surface area contributed by atoms with Crippen LogP contribution in [0.1, 0.15) is 30.7 Å². The van der Waals surface area contributed by atoms with Crippen LogP contribution in [0.5, 0.6) is 0 Å². The lowest BCUT2D eigenvalue weighted by Gasteiger charge is -2.20. The van der Waals surface area contributed by atoms with E-state index in [9.17, 15) is 14.7 Å². The van der Waals surface area contributed by atoms with E-state index in [4.69, 9.17) is 0 Å². The van der Waals surface area contributed by atoms with Gasteiger partial charge >= 0.3 is 11.7 Å². The van der Waals surface area contributed by atoms with Crippen LogP contribution >= 0.6 is 0 Å². The van der Waals surface area contributed by atoms with E-state index in [1.165, 1.54) is 4.57 Å². The van der Waals surface area contributed by atoms with Gasteiger partial charge in [0.1, 0.15) is 0 Å². The minimum absolute atomic E-state index is 0.211. The van der Waals surface area contributed by atoms with Crippen LogP contribution in [-0.4, -0.2) is 30.2 Å². The molecule has 0 aliphatic heterocycles. The molecule has 5 rings (SSSR count). The number of fused-ring (bicyclic) bond motifs is 1. The second-order valence-electron chi connectivity index (χ2n) is 9.02. The summed E-state index contributed by atoms with van der Waals surface area (Å²) in [5, 5.41) is 9.52. The molecular weight excluding hydrogens is 428 g/mol. The van der Waals surface area contributed by atoms with Crippen LogP contribution < -0.4 is 5.69 Å². The number of allylic oxidation sites excluding steroid dienone is 1. The zero-order valence-corrected chi connectivity index (χ0v) is 19.2. The Morgan fingerprint density at radius 2 is 1.82 bits per heavy atom. The molecule has 1 N–H and O–H groups in total. The number of benzene rings is 1. The van der Waals surface area contributed by atoms with Crippen LogP contribution in [-0.2, 0) is 23.7 Å². The molecule has 0 fully saturated rings. The minimum Gasteiger partial charge on any atom is -0.481 e. The Morgan fingerprint density at radius 3 is 2.56 bits per heavy atom. The normalized spacial score (nSPS) is 12.7. The molecule has 7 heteroatoms. The van der Waals surface area contributed by atoms with Gasteiger partial charge in [0.25, 0.3) is 0 Å². The quantitative estimate of drug-likeness (QED) is 0.489. The average Bonchev–Trinajstić information content (AvgIpc) is 3.43. The van der Waals surface area contributed by atoms with Gasteiger partial charge in [-0.3, -0.25) is 19.3 Å². The topological polar surface area (TPSA) is 90.0 Å². The molecule has 3 heterocycles. The number of nitrogens with zero attached hydrogens (tertiary/aromatic N) is 4. The van der Waals surface area contributed by atoms with Crippen LogP contribution in [0.2, 0.25) is 0 Å². The van der Waals surface area contributed by atoms with E-state index in [1.54, 1.807) is 62.1 Å². The van der Waals surface area contributed by atoms with E-state index >= 15 is 0 Å². The number of aryl methyl sites for hydroxylation is 1. The Balaban J connectivity index is 1.58. The number of carboxylic acids is 1. The Hall–Kier alpha value is -4.26. The molecule has 0 radical (unpaired) electrons. The number of pyridine rings is 2. The molecule has 0 atom stereocenters. The number of hydrogen-bond donors (Lipinski definition) is 1. The van der Waals surface area contributed by atoms with Crippen molar-refractivity contribution in [1.29, 1.82) is 0 Å². The fourth-order valence-corrected chi connectivity index (χ4v) is 4.17. The Kier molecular flexibility index (Phi) is 5.05. The first-order valence-corrected chi connectivity index (χ1v) is 11.0. The monoisotopic (exact) mass is 452 g/mol. The molecule has 0 amide bonds. The Bertz CT molecular complexity index is 1510. The summed E-state index contributed by atoms with van der Waals surface area (Å²) >= 11 is 0. The summed E-state index contributed by atoms with van der Waals surface area (Å²) in [7, 11) is 1.70. The van der Waals surface area contributed by atoms with Crippen molar-refractivity contribution in [2.75, 3.05) is 0 Å². The highest BCUT2D eigenvalue weighted by Gasteiger charge is 2.29. The molecule has 4 aromatic rings. The van der Waals surface area contributed by atoms with Gasteiger partial charge in [0.15, 0.2) is 0 Å². The standard InChI is InChI=1S/C27H24N4O3/c1-27(2,25(32)33)20-7-9-21(10-8-20)31-24(16-30(3)26(31)34)23-14-17(11-12-28-23)19-13-18-5-4-6-22(18)29-15-19/h4-5,7-16H,6H2,1-3H3,(H,32,33). The number of aromatic nitrogens is 4. The number of hydrogen-bond acceptors (Lipinski definition) is 4. The van der Waals surface area contributed by atoms with E-state index < -0.39 is 11.4 Å². The van der Waals surface area contributed by atoms with E-state index in [2.05, 4.69) is 28.2 Å². The molecule has 0 unspecified atom stereocenters. The summed E-state index contributed by atoms with van der Waals surface area (Å²) in [6.45, 7) is 3.31. The highest BCUT2D eigenvalue weighted by molar-refractivity contribution is 5.80. The lowest BCUT2D eigenvalue weighted by Crippen LogP contribution is -2.28. The van der Waals surface area contributed by atoms with Gasteiger partial charge in [0.05, 0.1) is 28.2 Å². The molecular formula is C27H24N4O3. The lowest BCUT2D eigenvalue weighted by molar-refractivity contribution is -0.142. The first kappa shape index (κ1) is 21.6. The summed E-state index contributed by atoms with van der Waals surface area (Å²) in [6, 6.07) is 13.0. The molecule has 7 nitrogen and oxygen atoms in total. The van der Waals surface area contributed by atoms with Crippen molar-refractivity contribution in [1.82, 2.24) is 19.1 Å². The van der Waals surface area contributed by atoms with Gasteiger partial charge in [-0.25, -0.2) is 4.79 Å². The van der Waals surface area contributed by atoms with Crippen molar-refractivity contribution in [3.63, 3.8) is 0 Å². The number of imidazole rings is 1. The van der Waals surface area contributed by atoms with Gasteiger partial charge in [-0.2, -0.15) is 0 Å². The Labute approximate surface area is 196 Å². The molecule has 0 saturated carbocycles. The van der Waals surface area contributed by atoms with E-state index in [0.29, 0.717) is 22.6 Å². The molecule has 0 bridgehead atoms. The molecule has 34 heavy (non-hydrogen) atoms. The molecule has 1 aromatic carbocycles. The molecule has 1 aliphatic rings. The fraction of sp³-hybridized carbons (Fsp3) is 0.185. The molecule has 170 valence electrons. The van der Waals surface area contributed by atoms with Gasteiger partial charge in [-0.15, -0.1) is 0 Å². The third-order valence-electron chi connectivity index (χ3n) is 6.40. The summed E-state index contributed by atoms with van der Waals surface area (Å²) < 4.78 is 3.11. The predicted octanol–water partition coefficient (Wildman–Crippen LogP) is 4.23. The van der Waals surface area contributed by atoms with Crippen LogP contribution in [0.25, 0.3) is 34.3 Å². The third kappa shape index (κ3) is 3.55. The molecule has 0 spiro atoms. The van der Waals surface area contributed by atoms with Gasteiger partial charge in [-0.1, -0.05) is 24.3 Å². The molecule has 3 aromatic heterocycles. The number of carbonyl (C=O) groups is 1. The van der Waals surface area contributed by atoms with Crippen molar-refractivity contribution < 1.29 is 9.90 Å².